The second-order valence-corrected chi connectivity index (χ2v) is 8.95. The maximum Gasteiger partial charge on any atom is 0.339 e. The Morgan fingerprint density at radius 2 is 1.94 bits per heavy atom. The predicted molar refractivity (Wildman–Crippen MR) is 124 cm³/mol. The van der Waals surface area contributed by atoms with Crippen molar-refractivity contribution in [1.82, 2.24) is 20.1 Å². The molecule has 0 fully saturated rings. The molecule has 4 rings (SSSR count). The van der Waals surface area contributed by atoms with E-state index in [1.54, 1.807) is 23.9 Å². The fourth-order valence-electron chi connectivity index (χ4n) is 3.94. The lowest BCUT2D eigenvalue weighted by Gasteiger charge is -2.27. The average Bonchev–Trinajstić information content (AvgIpc) is 3.23. The molecule has 8 nitrogen and oxygen atoms in total. The quantitative estimate of drug-likeness (QED) is 0.562. The largest absolute Gasteiger partial charge is 0.493 e. The first-order valence-corrected chi connectivity index (χ1v) is 11.4. The van der Waals surface area contributed by atoms with E-state index in [0.717, 1.165) is 17.0 Å². The predicted octanol–water partition coefficient (Wildman–Crippen LogP) is 4.32. The molecule has 2 unspecified atom stereocenters. The lowest BCUT2D eigenvalue weighted by Crippen LogP contribution is -2.39. The van der Waals surface area contributed by atoms with Gasteiger partial charge in [-0.2, -0.15) is 5.10 Å². The summed E-state index contributed by atoms with van der Waals surface area (Å²) < 4.78 is 13.0. The lowest BCUT2D eigenvalue weighted by molar-refractivity contribution is -0.130. The fraction of sp³-hybridized carbons (Fsp3) is 0.440. The summed E-state index contributed by atoms with van der Waals surface area (Å²) in [5.41, 5.74) is 2.70. The molecule has 174 valence electrons. The van der Waals surface area contributed by atoms with Crippen LogP contribution < -0.4 is 10.1 Å². The number of aromatic nitrogens is 3. The molecule has 2 atom stereocenters. The summed E-state index contributed by atoms with van der Waals surface area (Å²) >= 11 is 0. The Balaban J connectivity index is 1.54. The van der Waals surface area contributed by atoms with E-state index in [0.29, 0.717) is 29.6 Å². The van der Waals surface area contributed by atoms with Crippen molar-refractivity contribution in [3.05, 3.63) is 53.3 Å². The number of benzene rings is 1. The van der Waals surface area contributed by atoms with Crippen LogP contribution >= 0.6 is 0 Å². The van der Waals surface area contributed by atoms with Crippen LogP contribution in [0.2, 0.25) is 0 Å². The van der Waals surface area contributed by atoms with Crippen LogP contribution in [0.3, 0.4) is 0 Å². The first kappa shape index (κ1) is 22.8. The van der Waals surface area contributed by atoms with E-state index in [4.69, 9.17) is 14.5 Å². The van der Waals surface area contributed by atoms with Gasteiger partial charge in [-0.05, 0) is 38.8 Å². The number of hydrogen-bond donors (Lipinski definition) is 1. The summed E-state index contributed by atoms with van der Waals surface area (Å²) in [5.74, 6) is -0.0352. The SMILES string of the molecule is CC(OC(=O)c1cc(C(C)C)nc2c1cnn2C(C)C)C(=O)NC1CCOc2ccccc21. The highest BCUT2D eigenvalue weighted by Crippen LogP contribution is 2.31. The highest BCUT2D eigenvalue weighted by atomic mass is 16.5. The molecule has 0 saturated carbocycles. The van der Waals surface area contributed by atoms with Crippen molar-refractivity contribution >= 4 is 22.9 Å². The van der Waals surface area contributed by atoms with Crippen molar-refractivity contribution in [3.63, 3.8) is 0 Å². The molecule has 1 aliphatic heterocycles. The maximum absolute atomic E-state index is 13.1. The number of esters is 1. The summed E-state index contributed by atoms with van der Waals surface area (Å²) in [5, 5.41) is 8.01. The molecule has 1 N–H and O–H groups in total. The van der Waals surface area contributed by atoms with Gasteiger partial charge in [0, 0.05) is 23.7 Å². The highest BCUT2D eigenvalue weighted by molar-refractivity contribution is 6.03. The molecule has 1 amide bonds. The summed E-state index contributed by atoms with van der Waals surface area (Å²) in [7, 11) is 0. The van der Waals surface area contributed by atoms with E-state index >= 15 is 0 Å². The molecule has 1 aliphatic rings. The Hall–Kier alpha value is -3.42. The van der Waals surface area contributed by atoms with Gasteiger partial charge in [0.25, 0.3) is 5.91 Å². The van der Waals surface area contributed by atoms with E-state index < -0.39 is 12.1 Å². The van der Waals surface area contributed by atoms with Gasteiger partial charge in [-0.15, -0.1) is 0 Å². The van der Waals surface area contributed by atoms with Gasteiger partial charge >= 0.3 is 5.97 Å². The third-order valence-electron chi connectivity index (χ3n) is 5.82. The highest BCUT2D eigenvalue weighted by Gasteiger charge is 2.28. The number of para-hydroxylation sites is 1. The number of ether oxygens (including phenoxy) is 2. The number of nitrogens with one attached hydrogen (secondary N) is 1. The molecule has 2 aromatic heterocycles. The summed E-state index contributed by atoms with van der Waals surface area (Å²) in [6.45, 7) is 10.1. The number of carbonyl (C=O) groups excluding carboxylic acids is 2. The van der Waals surface area contributed by atoms with Crippen molar-refractivity contribution in [2.45, 2.75) is 65.1 Å². The first-order valence-electron chi connectivity index (χ1n) is 11.4. The normalized spacial score (nSPS) is 16.4. The van der Waals surface area contributed by atoms with Crippen LogP contribution in [-0.2, 0) is 9.53 Å². The van der Waals surface area contributed by atoms with Crippen LogP contribution in [0, 0.1) is 0 Å². The number of rotatable bonds is 6. The number of fused-ring (bicyclic) bond motifs is 2. The van der Waals surface area contributed by atoms with Gasteiger partial charge in [-0.1, -0.05) is 32.0 Å². The van der Waals surface area contributed by atoms with E-state index in [1.165, 1.54) is 0 Å². The number of carbonyl (C=O) groups is 2. The Bertz CT molecular complexity index is 1180. The molecule has 33 heavy (non-hydrogen) atoms. The summed E-state index contributed by atoms with van der Waals surface area (Å²) in [6, 6.07) is 9.27. The minimum atomic E-state index is -0.960. The molecule has 1 aromatic carbocycles. The molecular formula is C25H30N4O4. The van der Waals surface area contributed by atoms with Gasteiger partial charge in [0.1, 0.15) is 5.75 Å². The molecule has 3 aromatic rings. The average molecular weight is 451 g/mol. The van der Waals surface area contributed by atoms with Crippen LogP contribution in [0.5, 0.6) is 5.75 Å². The topological polar surface area (TPSA) is 95.3 Å². The smallest absolute Gasteiger partial charge is 0.339 e. The zero-order valence-corrected chi connectivity index (χ0v) is 19.7. The molecular weight excluding hydrogens is 420 g/mol. The van der Waals surface area contributed by atoms with Crippen molar-refractivity contribution in [3.8, 4) is 5.75 Å². The Kier molecular flexibility index (Phi) is 6.35. The van der Waals surface area contributed by atoms with E-state index in [-0.39, 0.29) is 23.9 Å². The number of nitrogens with zero attached hydrogens (tertiary/aromatic N) is 3. The second kappa shape index (κ2) is 9.21. The van der Waals surface area contributed by atoms with Crippen LogP contribution in [-0.4, -0.2) is 39.4 Å². The molecule has 0 spiro atoms. The zero-order valence-electron chi connectivity index (χ0n) is 19.7. The van der Waals surface area contributed by atoms with Crippen LogP contribution in [0.25, 0.3) is 11.0 Å². The molecule has 0 bridgehead atoms. The molecule has 0 saturated heterocycles. The zero-order chi connectivity index (χ0) is 23.7. The molecule has 8 heteroatoms. The van der Waals surface area contributed by atoms with Gasteiger partial charge in [0.15, 0.2) is 11.8 Å². The minimum absolute atomic E-state index is 0.0911. The standard InChI is InChI=1S/C25H30N4O4/c1-14(2)21-12-18(19-13-26-29(15(3)4)23(19)27-21)25(31)33-16(5)24(30)28-20-10-11-32-22-9-7-6-8-17(20)22/h6-9,12-16,20H,10-11H2,1-5H3,(H,28,30). The van der Waals surface area contributed by atoms with Crippen molar-refractivity contribution < 1.29 is 19.1 Å². The van der Waals surface area contributed by atoms with Crippen LogP contribution in [0.4, 0.5) is 0 Å². The Morgan fingerprint density at radius 3 is 2.67 bits per heavy atom. The number of amides is 1. The van der Waals surface area contributed by atoms with E-state index in [9.17, 15) is 9.59 Å². The molecule has 0 radical (unpaired) electrons. The minimum Gasteiger partial charge on any atom is -0.493 e. The Labute approximate surface area is 193 Å². The van der Waals surface area contributed by atoms with Crippen molar-refractivity contribution in [2.24, 2.45) is 0 Å². The van der Waals surface area contributed by atoms with Crippen molar-refractivity contribution in [1.29, 1.82) is 0 Å². The maximum atomic E-state index is 13.1. The molecule has 0 aliphatic carbocycles. The lowest BCUT2D eigenvalue weighted by atomic mass is 10.0. The van der Waals surface area contributed by atoms with Gasteiger partial charge in [-0.25, -0.2) is 14.5 Å². The summed E-state index contributed by atoms with van der Waals surface area (Å²) in [4.78, 5) is 30.7. The van der Waals surface area contributed by atoms with E-state index in [2.05, 4.69) is 10.4 Å². The number of hydrogen-bond acceptors (Lipinski definition) is 6. The number of pyridine rings is 1. The third-order valence-corrected chi connectivity index (χ3v) is 5.82. The van der Waals surface area contributed by atoms with Crippen LogP contribution in [0.1, 0.15) is 80.7 Å². The fourth-order valence-corrected chi connectivity index (χ4v) is 3.94. The van der Waals surface area contributed by atoms with Crippen molar-refractivity contribution in [2.75, 3.05) is 6.61 Å². The van der Waals surface area contributed by atoms with Crippen LogP contribution in [0.15, 0.2) is 36.5 Å². The van der Waals surface area contributed by atoms with Gasteiger partial charge < -0.3 is 14.8 Å². The van der Waals surface area contributed by atoms with E-state index in [1.807, 2.05) is 52.0 Å². The van der Waals surface area contributed by atoms with Gasteiger partial charge in [0.2, 0.25) is 0 Å². The first-order chi connectivity index (χ1) is 15.8. The van der Waals surface area contributed by atoms with Gasteiger partial charge in [0.05, 0.1) is 29.8 Å². The second-order valence-electron chi connectivity index (χ2n) is 8.95. The monoisotopic (exact) mass is 450 g/mol. The van der Waals surface area contributed by atoms with Gasteiger partial charge in [-0.3, -0.25) is 4.79 Å². The molecule has 3 heterocycles. The third kappa shape index (κ3) is 4.55. The summed E-state index contributed by atoms with van der Waals surface area (Å²) in [6.07, 6.45) is 1.33. The Morgan fingerprint density at radius 1 is 1.18 bits per heavy atom.